The average molecular weight is 238 g/mol. The molecule has 0 saturated heterocycles. The molecule has 18 heavy (non-hydrogen) atoms. The second-order valence-electron chi connectivity index (χ2n) is 3.96. The molecule has 2 heterocycles. The van der Waals surface area contributed by atoms with Gasteiger partial charge in [-0.15, -0.1) is 0 Å². The number of benzene rings is 1. The van der Waals surface area contributed by atoms with Crippen molar-refractivity contribution in [3.05, 3.63) is 52.6 Å². The molecule has 0 saturated carbocycles. The third-order valence-corrected chi connectivity index (χ3v) is 2.73. The highest BCUT2D eigenvalue weighted by molar-refractivity contribution is 5.89. The fourth-order valence-corrected chi connectivity index (χ4v) is 1.87. The molecule has 0 fully saturated rings. The van der Waals surface area contributed by atoms with Crippen LogP contribution in [0.5, 0.6) is 0 Å². The second-order valence-corrected chi connectivity index (χ2v) is 3.96. The first-order chi connectivity index (χ1) is 8.75. The van der Waals surface area contributed by atoms with Crippen molar-refractivity contribution in [3.63, 3.8) is 0 Å². The number of aryl methyl sites for hydroxylation is 1. The molecule has 0 bridgehead atoms. The molecule has 0 radical (unpaired) electrons. The fraction of sp³-hybridized carbons (Fsp3) is 0.0769. The maximum atomic E-state index is 11.5. The molecule has 0 aliphatic rings. The van der Waals surface area contributed by atoms with Gasteiger partial charge in [-0.05, 0) is 6.92 Å². The van der Waals surface area contributed by atoms with Crippen molar-refractivity contribution in [2.45, 2.75) is 6.92 Å². The van der Waals surface area contributed by atoms with Gasteiger partial charge < -0.3 is 0 Å². The molecule has 0 atom stereocenters. The highest BCUT2D eigenvalue weighted by atomic mass is 16.1. The van der Waals surface area contributed by atoms with Crippen LogP contribution in [0, 0.1) is 6.92 Å². The summed E-state index contributed by atoms with van der Waals surface area (Å²) in [4.78, 5) is 19.7. The Bertz CT molecular complexity index is 765. The predicted molar refractivity (Wildman–Crippen MR) is 68.1 cm³/mol. The Kier molecular flexibility index (Phi) is 2.37. The first kappa shape index (κ1) is 10.6. The van der Waals surface area contributed by atoms with Crippen LogP contribution >= 0.6 is 0 Å². The van der Waals surface area contributed by atoms with Crippen LogP contribution < -0.4 is 5.56 Å². The first-order valence-electron chi connectivity index (χ1n) is 5.53. The lowest BCUT2D eigenvalue weighted by Crippen LogP contribution is -1.99. The van der Waals surface area contributed by atoms with E-state index in [1.165, 1.54) is 6.20 Å². The molecule has 0 aliphatic heterocycles. The molecule has 1 N–H and O–H groups in total. The molecule has 88 valence electrons. The molecule has 3 rings (SSSR count). The Balaban J connectivity index is 2.44. The lowest BCUT2D eigenvalue weighted by molar-refractivity contribution is 1.06. The number of aromatic amines is 1. The minimum atomic E-state index is -0.369. The van der Waals surface area contributed by atoms with Gasteiger partial charge in [-0.3, -0.25) is 9.89 Å². The number of nitrogens with zero attached hydrogens (tertiary/aromatic N) is 3. The molecule has 2 aromatic heterocycles. The zero-order chi connectivity index (χ0) is 12.5. The Labute approximate surface area is 103 Å². The quantitative estimate of drug-likeness (QED) is 0.700. The van der Waals surface area contributed by atoms with Crippen LogP contribution in [0.3, 0.4) is 0 Å². The summed E-state index contributed by atoms with van der Waals surface area (Å²) in [5, 5.41) is 6.97. The Hall–Kier alpha value is -2.56. The van der Waals surface area contributed by atoms with Crippen LogP contribution in [0.25, 0.3) is 22.3 Å². The number of rotatable bonds is 1. The largest absolute Gasteiger partial charge is 0.288 e. The number of fused-ring (bicyclic) bond motifs is 1. The topological polar surface area (TPSA) is 71.5 Å². The summed E-state index contributed by atoms with van der Waals surface area (Å²) in [7, 11) is 0. The number of aromatic nitrogens is 4. The zero-order valence-corrected chi connectivity index (χ0v) is 9.71. The molecule has 0 unspecified atom stereocenters. The third kappa shape index (κ3) is 1.66. The van der Waals surface area contributed by atoms with Crippen molar-refractivity contribution in [1.29, 1.82) is 0 Å². The predicted octanol–water partition coefficient (Wildman–Crippen LogP) is 1.69. The van der Waals surface area contributed by atoms with Crippen LogP contribution in [-0.2, 0) is 0 Å². The van der Waals surface area contributed by atoms with Gasteiger partial charge in [0.25, 0.3) is 5.56 Å². The number of H-pyrrole nitrogens is 1. The van der Waals surface area contributed by atoms with Crippen molar-refractivity contribution >= 4 is 11.0 Å². The van der Waals surface area contributed by atoms with E-state index in [1.54, 1.807) is 6.92 Å². The van der Waals surface area contributed by atoms with Crippen molar-refractivity contribution in [2.75, 3.05) is 0 Å². The highest BCUT2D eigenvalue weighted by Crippen LogP contribution is 2.23. The minimum Gasteiger partial charge on any atom is -0.274 e. The van der Waals surface area contributed by atoms with Crippen molar-refractivity contribution < 1.29 is 0 Å². The SMILES string of the molecule is Cc1n[nH]c2c(-c3ccccc3)ncc(=O)nc12. The highest BCUT2D eigenvalue weighted by Gasteiger charge is 2.09. The summed E-state index contributed by atoms with van der Waals surface area (Å²) in [5.74, 6) is 0. The van der Waals surface area contributed by atoms with E-state index in [9.17, 15) is 4.79 Å². The van der Waals surface area contributed by atoms with Gasteiger partial charge in [0.2, 0.25) is 0 Å². The fourth-order valence-electron chi connectivity index (χ4n) is 1.87. The first-order valence-corrected chi connectivity index (χ1v) is 5.53. The number of hydrogen-bond donors (Lipinski definition) is 1. The van der Waals surface area contributed by atoms with Gasteiger partial charge in [-0.2, -0.15) is 5.10 Å². The Morgan fingerprint density at radius 2 is 1.94 bits per heavy atom. The summed E-state index contributed by atoms with van der Waals surface area (Å²) >= 11 is 0. The summed E-state index contributed by atoms with van der Waals surface area (Å²) in [5.41, 5.74) is 3.17. The van der Waals surface area contributed by atoms with Crippen LogP contribution in [0.15, 0.2) is 41.3 Å². The molecule has 0 amide bonds. The van der Waals surface area contributed by atoms with Crippen LogP contribution in [-0.4, -0.2) is 20.2 Å². The zero-order valence-electron chi connectivity index (χ0n) is 9.71. The summed E-state index contributed by atoms with van der Waals surface area (Å²) < 4.78 is 0. The van der Waals surface area contributed by atoms with Crippen LogP contribution in [0.4, 0.5) is 0 Å². The van der Waals surface area contributed by atoms with E-state index in [0.717, 1.165) is 5.56 Å². The van der Waals surface area contributed by atoms with Crippen molar-refractivity contribution in [3.8, 4) is 11.3 Å². The maximum absolute atomic E-state index is 11.5. The van der Waals surface area contributed by atoms with E-state index < -0.39 is 0 Å². The Morgan fingerprint density at radius 3 is 2.72 bits per heavy atom. The number of hydrogen-bond acceptors (Lipinski definition) is 4. The van der Waals surface area contributed by atoms with E-state index in [0.29, 0.717) is 22.4 Å². The second kappa shape index (κ2) is 4.03. The van der Waals surface area contributed by atoms with E-state index in [-0.39, 0.29) is 5.56 Å². The molecule has 1 aromatic carbocycles. The van der Waals surface area contributed by atoms with Crippen molar-refractivity contribution in [1.82, 2.24) is 20.2 Å². The van der Waals surface area contributed by atoms with Gasteiger partial charge in [-0.25, -0.2) is 9.97 Å². The van der Waals surface area contributed by atoms with Gasteiger partial charge in [0.05, 0.1) is 17.6 Å². The average Bonchev–Trinajstić information content (AvgIpc) is 2.65. The normalized spacial score (nSPS) is 10.7. The Morgan fingerprint density at radius 1 is 1.17 bits per heavy atom. The molecular formula is C13H10N4O. The smallest absolute Gasteiger partial charge is 0.274 e. The van der Waals surface area contributed by atoms with Gasteiger partial charge in [0.1, 0.15) is 11.0 Å². The third-order valence-electron chi connectivity index (χ3n) is 2.73. The van der Waals surface area contributed by atoms with Gasteiger partial charge in [-0.1, -0.05) is 30.3 Å². The van der Waals surface area contributed by atoms with Crippen LogP contribution in [0.2, 0.25) is 0 Å². The molecule has 0 aliphatic carbocycles. The van der Waals surface area contributed by atoms with E-state index in [2.05, 4.69) is 20.2 Å². The summed E-state index contributed by atoms with van der Waals surface area (Å²) in [6.07, 6.45) is 1.23. The molecular weight excluding hydrogens is 228 g/mol. The maximum Gasteiger partial charge on any atom is 0.288 e. The van der Waals surface area contributed by atoms with E-state index in [1.807, 2.05) is 30.3 Å². The monoisotopic (exact) mass is 238 g/mol. The van der Waals surface area contributed by atoms with E-state index >= 15 is 0 Å². The lowest BCUT2D eigenvalue weighted by atomic mass is 10.1. The van der Waals surface area contributed by atoms with Gasteiger partial charge >= 0.3 is 0 Å². The lowest BCUT2D eigenvalue weighted by Gasteiger charge is -1.97. The molecule has 5 heteroatoms. The van der Waals surface area contributed by atoms with E-state index in [4.69, 9.17) is 0 Å². The number of nitrogens with one attached hydrogen (secondary N) is 1. The molecule has 5 nitrogen and oxygen atoms in total. The molecule has 0 spiro atoms. The standard InChI is InChI=1S/C13H10N4O/c1-8-11-13(17-16-8)12(14-7-10(18)15-11)9-5-3-2-4-6-9/h2-7,17H,1H3. The summed E-state index contributed by atoms with van der Waals surface area (Å²) in [6, 6.07) is 9.64. The minimum absolute atomic E-state index is 0.369. The van der Waals surface area contributed by atoms with Crippen molar-refractivity contribution in [2.24, 2.45) is 0 Å². The van der Waals surface area contributed by atoms with Gasteiger partial charge in [0.15, 0.2) is 0 Å². The molecule has 3 aromatic rings. The van der Waals surface area contributed by atoms with Gasteiger partial charge in [0, 0.05) is 5.56 Å². The summed E-state index contributed by atoms with van der Waals surface area (Å²) in [6.45, 7) is 1.81. The van der Waals surface area contributed by atoms with Crippen LogP contribution in [0.1, 0.15) is 5.69 Å².